The molecule has 0 spiro atoms. The molecule has 0 saturated heterocycles. The lowest BCUT2D eigenvalue weighted by molar-refractivity contribution is 0.601. The van der Waals surface area contributed by atoms with Crippen molar-refractivity contribution in [3.05, 3.63) is 59.9 Å². The number of hydrogen-bond donors (Lipinski definition) is 1. The van der Waals surface area contributed by atoms with Gasteiger partial charge in [0.05, 0.1) is 10.6 Å². The van der Waals surface area contributed by atoms with E-state index in [0.29, 0.717) is 11.5 Å². The second-order valence-electron chi connectivity index (χ2n) is 5.10. The minimum atomic E-state index is -3.60. The Morgan fingerprint density at radius 2 is 1.61 bits per heavy atom. The van der Waals surface area contributed by atoms with Crippen molar-refractivity contribution in [1.29, 1.82) is 0 Å². The van der Waals surface area contributed by atoms with Crippen molar-refractivity contribution in [2.75, 3.05) is 4.72 Å². The normalized spacial score (nSPS) is 11.4. The van der Waals surface area contributed by atoms with Gasteiger partial charge in [-0.15, -0.1) is 5.10 Å². The number of hydrogen-bond acceptors (Lipinski definition) is 5. The van der Waals surface area contributed by atoms with Gasteiger partial charge in [0.15, 0.2) is 5.82 Å². The molecule has 0 radical (unpaired) electrons. The Morgan fingerprint density at radius 1 is 0.957 bits per heavy atom. The summed E-state index contributed by atoms with van der Waals surface area (Å²) in [5, 5.41) is 11.3. The zero-order chi connectivity index (χ0) is 16.4. The Kier molecular flexibility index (Phi) is 3.83. The Hall–Kier alpha value is -2.74. The van der Waals surface area contributed by atoms with E-state index in [2.05, 4.69) is 20.2 Å². The maximum atomic E-state index is 12.3. The molecule has 1 aromatic heterocycles. The number of anilines is 1. The molecule has 118 valence electrons. The highest BCUT2D eigenvalue weighted by molar-refractivity contribution is 7.92. The fourth-order valence-corrected chi connectivity index (χ4v) is 3.13. The van der Waals surface area contributed by atoms with Crippen LogP contribution in [0.5, 0.6) is 0 Å². The first-order valence-corrected chi connectivity index (χ1v) is 8.39. The van der Waals surface area contributed by atoms with Gasteiger partial charge in [0.25, 0.3) is 10.0 Å². The highest BCUT2D eigenvalue weighted by Gasteiger charge is 2.14. The van der Waals surface area contributed by atoms with Crippen LogP contribution in [0.15, 0.2) is 53.4 Å². The summed E-state index contributed by atoms with van der Waals surface area (Å²) >= 11 is 0. The van der Waals surface area contributed by atoms with Crippen molar-refractivity contribution in [1.82, 2.24) is 20.2 Å². The van der Waals surface area contributed by atoms with Crippen LogP contribution in [0.25, 0.3) is 5.69 Å². The molecule has 0 aliphatic carbocycles. The highest BCUT2D eigenvalue weighted by atomic mass is 32.2. The van der Waals surface area contributed by atoms with E-state index in [1.165, 1.54) is 0 Å². The lowest BCUT2D eigenvalue weighted by Gasteiger charge is -2.09. The molecule has 1 heterocycles. The Labute approximate surface area is 134 Å². The predicted octanol–water partition coefficient (Wildman–Crippen LogP) is 2.08. The quantitative estimate of drug-likeness (QED) is 0.791. The summed E-state index contributed by atoms with van der Waals surface area (Å²) in [6, 6.07) is 13.5. The largest absolute Gasteiger partial charge is 0.280 e. The highest BCUT2D eigenvalue weighted by Crippen LogP contribution is 2.18. The maximum absolute atomic E-state index is 12.3. The Morgan fingerprint density at radius 3 is 2.17 bits per heavy atom. The SMILES string of the molecule is Cc1ccc(S(=O)(=O)Nc2ccc(-n3nnnc3C)cc2)cc1. The molecule has 0 aliphatic rings. The fourth-order valence-electron chi connectivity index (χ4n) is 2.07. The molecule has 0 saturated carbocycles. The molecule has 3 rings (SSSR count). The lowest BCUT2D eigenvalue weighted by Crippen LogP contribution is -2.13. The topological polar surface area (TPSA) is 89.8 Å². The van der Waals surface area contributed by atoms with Crippen molar-refractivity contribution in [2.24, 2.45) is 0 Å². The van der Waals surface area contributed by atoms with Gasteiger partial charge < -0.3 is 0 Å². The molecule has 0 atom stereocenters. The van der Waals surface area contributed by atoms with Gasteiger partial charge in [-0.25, -0.2) is 8.42 Å². The summed E-state index contributed by atoms with van der Waals surface area (Å²) in [4.78, 5) is 0.225. The van der Waals surface area contributed by atoms with Crippen LogP contribution in [-0.2, 0) is 10.0 Å². The molecule has 1 N–H and O–H groups in total. The summed E-state index contributed by atoms with van der Waals surface area (Å²) in [6.07, 6.45) is 0. The number of nitrogens with zero attached hydrogens (tertiary/aromatic N) is 4. The number of sulfonamides is 1. The maximum Gasteiger partial charge on any atom is 0.261 e. The summed E-state index contributed by atoms with van der Waals surface area (Å²) in [6.45, 7) is 3.69. The predicted molar refractivity (Wildman–Crippen MR) is 85.9 cm³/mol. The molecule has 3 aromatic rings. The average molecular weight is 329 g/mol. The van der Waals surface area contributed by atoms with E-state index in [4.69, 9.17) is 0 Å². The average Bonchev–Trinajstić information content (AvgIpc) is 2.94. The number of rotatable bonds is 4. The minimum absolute atomic E-state index is 0.225. The van der Waals surface area contributed by atoms with Gasteiger partial charge in [0, 0.05) is 5.69 Å². The first-order chi connectivity index (χ1) is 11.0. The van der Waals surface area contributed by atoms with Crippen LogP contribution in [0.1, 0.15) is 11.4 Å². The zero-order valence-corrected chi connectivity index (χ0v) is 13.4. The van der Waals surface area contributed by atoms with E-state index in [9.17, 15) is 8.42 Å². The number of nitrogens with one attached hydrogen (secondary N) is 1. The molecule has 0 fully saturated rings. The first kappa shape index (κ1) is 15.2. The number of tetrazole rings is 1. The van der Waals surface area contributed by atoms with Gasteiger partial charge in [-0.1, -0.05) is 17.7 Å². The molecule has 0 amide bonds. The lowest BCUT2D eigenvalue weighted by atomic mass is 10.2. The van der Waals surface area contributed by atoms with Gasteiger partial charge >= 0.3 is 0 Å². The van der Waals surface area contributed by atoms with E-state index >= 15 is 0 Å². The molecule has 0 unspecified atom stereocenters. The summed E-state index contributed by atoms with van der Waals surface area (Å²) < 4.78 is 28.8. The molecule has 23 heavy (non-hydrogen) atoms. The van der Waals surface area contributed by atoms with E-state index in [0.717, 1.165) is 11.3 Å². The van der Waals surface area contributed by atoms with Gasteiger partial charge in [-0.05, 0) is 60.7 Å². The van der Waals surface area contributed by atoms with Crippen LogP contribution in [0.4, 0.5) is 5.69 Å². The van der Waals surface area contributed by atoms with Crippen molar-refractivity contribution in [3.8, 4) is 5.69 Å². The van der Waals surface area contributed by atoms with Crippen molar-refractivity contribution in [3.63, 3.8) is 0 Å². The molecule has 0 aliphatic heterocycles. The van der Waals surface area contributed by atoms with Crippen LogP contribution in [0, 0.1) is 13.8 Å². The number of aromatic nitrogens is 4. The smallest absolute Gasteiger partial charge is 0.261 e. The van der Waals surface area contributed by atoms with Crippen LogP contribution >= 0.6 is 0 Å². The standard InChI is InChI=1S/C15H15N5O2S/c1-11-3-9-15(10-4-11)23(21,22)17-13-5-7-14(8-6-13)20-12(2)16-18-19-20/h3-10,17H,1-2H3. The van der Waals surface area contributed by atoms with E-state index in [1.54, 1.807) is 60.1 Å². The first-order valence-electron chi connectivity index (χ1n) is 6.91. The number of benzene rings is 2. The van der Waals surface area contributed by atoms with Crippen LogP contribution in [0.2, 0.25) is 0 Å². The third kappa shape index (κ3) is 3.21. The van der Waals surface area contributed by atoms with Crippen LogP contribution in [0.3, 0.4) is 0 Å². The van der Waals surface area contributed by atoms with E-state index in [-0.39, 0.29) is 4.90 Å². The second kappa shape index (κ2) is 5.81. The summed E-state index contributed by atoms with van der Waals surface area (Å²) in [5.74, 6) is 0.651. The van der Waals surface area contributed by atoms with Crippen LogP contribution in [-0.4, -0.2) is 28.6 Å². The Bertz CT molecular complexity index is 915. The van der Waals surface area contributed by atoms with E-state index < -0.39 is 10.0 Å². The molecular weight excluding hydrogens is 314 g/mol. The molecule has 8 heteroatoms. The van der Waals surface area contributed by atoms with Gasteiger partial charge in [0.1, 0.15) is 0 Å². The van der Waals surface area contributed by atoms with E-state index in [1.807, 2.05) is 6.92 Å². The van der Waals surface area contributed by atoms with Crippen LogP contribution < -0.4 is 4.72 Å². The summed E-state index contributed by atoms with van der Waals surface area (Å²) in [7, 11) is -3.60. The van der Waals surface area contributed by atoms with Crippen molar-refractivity contribution in [2.45, 2.75) is 18.7 Å². The molecule has 2 aromatic carbocycles. The third-order valence-corrected chi connectivity index (χ3v) is 4.72. The van der Waals surface area contributed by atoms with Gasteiger partial charge in [-0.3, -0.25) is 4.72 Å². The molecule has 7 nitrogen and oxygen atoms in total. The number of aryl methyl sites for hydroxylation is 2. The summed E-state index contributed by atoms with van der Waals surface area (Å²) in [5.41, 5.74) is 2.23. The minimum Gasteiger partial charge on any atom is -0.280 e. The van der Waals surface area contributed by atoms with Gasteiger partial charge in [0.2, 0.25) is 0 Å². The third-order valence-electron chi connectivity index (χ3n) is 3.32. The van der Waals surface area contributed by atoms with Crippen molar-refractivity contribution >= 4 is 15.7 Å². The van der Waals surface area contributed by atoms with Crippen molar-refractivity contribution < 1.29 is 8.42 Å². The fraction of sp³-hybridized carbons (Fsp3) is 0.133. The Balaban J connectivity index is 1.83. The zero-order valence-electron chi connectivity index (χ0n) is 12.6. The molecular formula is C15H15N5O2S. The second-order valence-corrected chi connectivity index (χ2v) is 6.79. The molecule has 0 bridgehead atoms. The van der Waals surface area contributed by atoms with Gasteiger partial charge in [-0.2, -0.15) is 4.68 Å². The monoisotopic (exact) mass is 329 g/mol.